The van der Waals surface area contributed by atoms with Crippen molar-refractivity contribution in [3.05, 3.63) is 139 Å². The molecule has 0 aromatic heterocycles. The minimum Gasteiger partial charge on any atom is -0.370 e. The quantitative estimate of drug-likeness (QED) is 0.122. The van der Waals surface area contributed by atoms with Crippen molar-refractivity contribution in [2.45, 2.75) is 126 Å². The van der Waals surface area contributed by atoms with Crippen LogP contribution in [-0.4, -0.2) is 95.6 Å². The van der Waals surface area contributed by atoms with Gasteiger partial charge in [-0.15, -0.1) is 0 Å². The van der Waals surface area contributed by atoms with E-state index in [2.05, 4.69) is 0 Å². The van der Waals surface area contributed by atoms with E-state index in [0.717, 1.165) is 0 Å². The maximum atomic E-state index is 13.7. The number of rotatable bonds is 14. The number of hydrogen-bond acceptors (Lipinski definition) is 10. The van der Waals surface area contributed by atoms with Gasteiger partial charge in [0.15, 0.2) is 19.7 Å². The fraction of sp³-hybridized carbons (Fsp3) is 0.440. The molecule has 4 N–H and O–H groups in total. The Bertz CT molecular complexity index is 2580. The molecule has 0 unspecified atom stereocenters. The number of carbonyl (C=O) groups excluding carboxylic acids is 4. The van der Waals surface area contributed by atoms with E-state index in [4.69, 9.17) is 67.3 Å². The largest absolute Gasteiger partial charge is 0.370 e. The first-order chi connectivity index (χ1) is 32.4. The maximum Gasteiger partial charge on any atom is 0.253 e. The van der Waals surface area contributed by atoms with Crippen LogP contribution in [0.3, 0.4) is 0 Å². The van der Waals surface area contributed by atoms with Crippen molar-refractivity contribution < 1.29 is 45.5 Å². The molecule has 380 valence electrons. The average molecular weight is 1080 g/mol. The number of ether oxygens (including phenoxy) is 2. The average Bonchev–Trinajstić information content (AvgIpc) is 3.24. The molecule has 20 heteroatoms. The van der Waals surface area contributed by atoms with Gasteiger partial charge in [0.05, 0.1) is 45.9 Å². The van der Waals surface area contributed by atoms with Crippen LogP contribution < -0.4 is 11.5 Å². The maximum absolute atomic E-state index is 13.7. The van der Waals surface area contributed by atoms with Crippen LogP contribution in [0.5, 0.6) is 0 Å². The number of carbonyl (C=O) groups is 4. The number of primary amides is 2. The molecule has 4 amide bonds. The van der Waals surface area contributed by atoms with Crippen LogP contribution in [0.2, 0.25) is 20.1 Å². The summed E-state index contributed by atoms with van der Waals surface area (Å²) in [6.07, 6.45) is -4.48. The number of amides is 4. The Hall–Kier alpha value is -4.26. The summed E-state index contributed by atoms with van der Waals surface area (Å²) >= 11 is 24.7. The Labute approximate surface area is 431 Å². The van der Waals surface area contributed by atoms with Crippen LogP contribution in [0, 0.1) is 0 Å². The standard InChI is InChI=1S/2C25H30Cl2N2O5S/c2*1-15(14-35(32,33)25(2,3)4)29-22(16-8-10-18(26)11-9-16)23(17-6-5-7-19(27)12-17)34-20(24(29)31)13-21(28)30/h2*5-12,15,20,22-23H,13-14H2,1-4H3,(H2,28,30)/t15-,20+,22+,23+;15-,20-,22+,23+/m00/s1. The first-order valence-electron chi connectivity index (χ1n) is 22.4. The van der Waals surface area contributed by atoms with Crippen molar-refractivity contribution in [3.8, 4) is 0 Å². The zero-order valence-electron chi connectivity index (χ0n) is 40.1. The van der Waals surface area contributed by atoms with Gasteiger partial charge >= 0.3 is 0 Å². The number of morpholine rings is 2. The first-order valence-corrected chi connectivity index (χ1v) is 27.2. The summed E-state index contributed by atoms with van der Waals surface area (Å²) in [6.45, 7) is 13.1. The van der Waals surface area contributed by atoms with Gasteiger partial charge in [0.2, 0.25) is 11.8 Å². The molecule has 0 aliphatic carbocycles. The number of nitrogens with two attached hydrogens (primary N) is 2. The molecule has 70 heavy (non-hydrogen) atoms. The van der Waals surface area contributed by atoms with Crippen molar-refractivity contribution >= 4 is 89.7 Å². The number of nitrogens with zero attached hydrogens (tertiary/aromatic N) is 2. The highest BCUT2D eigenvalue weighted by molar-refractivity contribution is 7.93. The van der Waals surface area contributed by atoms with Crippen molar-refractivity contribution in [2.75, 3.05) is 11.5 Å². The second-order valence-electron chi connectivity index (χ2n) is 19.5. The van der Waals surface area contributed by atoms with Crippen molar-refractivity contribution in [3.63, 3.8) is 0 Å². The van der Waals surface area contributed by atoms with E-state index in [-0.39, 0.29) is 24.3 Å². The van der Waals surface area contributed by atoms with Crippen LogP contribution >= 0.6 is 46.4 Å². The third-order valence-electron chi connectivity index (χ3n) is 12.1. The molecule has 4 aromatic rings. The Balaban J connectivity index is 0.000000261. The molecule has 4 aromatic carbocycles. The topological polar surface area (TPSA) is 214 Å². The summed E-state index contributed by atoms with van der Waals surface area (Å²) in [6, 6.07) is 25.0. The zero-order valence-corrected chi connectivity index (χ0v) is 44.8. The Morgan fingerprint density at radius 2 is 0.857 bits per heavy atom. The summed E-state index contributed by atoms with van der Waals surface area (Å²) < 4.78 is 62.7. The predicted octanol–water partition coefficient (Wildman–Crippen LogP) is 8.96. The molecule has 0 radical (unpaired) electrons. The third-order valence-corrected chi connectivity index (χ3v) is 18.7. The molecule has 2 aliphatic heterocycles. The van der Waals surface area contributed by atoms with E-state index in [1.807, 2.05) is 12.1 Å². The number of halogens is 4. The Morgan fingerprint density at radius 1 is 0.543 bits per heavy atom. The smallest absolute Gasteiger partial charge is 0.253 e. The summed E-state index contributed by atoms with van der Waals surface area (Å²) in [7, 11) is -7.16. The van der Waals surface area contributed by atoms with E-state index in [9.17, 15) is 36.0 Å². The van der Waals surface area contributed by atoms with Crippen LogP contribution in [0.4, 0.5) is 0 Å². The van der Waals surface area contributed by atoms with Gasteiger partial charge in [-0.3, -0.25) is 19.2 Å². The van der Waals surface area contributed by atoms with E-state index in [1.165, 1.54) is 9.80 Å². The molecule has 2 fully saturated rings. The summed E-state index contributed by atoms with van der Waals surface area (Å²) in [5.74, 6) is -2.94. The molecule has 0 spiro atoms. The van der Waals surface area contributed by atoms with E-state index in [1.54, 1.807) is 140 Å². The van der Waals surface area contributed by atoms with Gasteiger partial charge in [-0.05, 0) is 126 Å². The lowest BCUT2D eigenvalue weighted by Crippen LogP contribution is -2.56. The fourth-order valence-electron chi connectivity index (χ4n) is 8.31. The minimum absolute atomic E-state index is 0.266. The highest BCUT2D eigenvalue weighted by Gasteiger charge is 2.49. The number of benzene rings is 4. The van der Waals surface area contributed by atoms with Crippen molar-refractivity contribution in [1.82, 2.24) is 9.80 Å². The van der Waals surface area contributed by atoms with Crippen LogP contribution in [0.15, 0.2) is 97.1 Å². The van der Waals surface area contributed by atoms with Gasteiger partial charge in [0.25, 0.3) is 11.8 Å². The van der Waals surface area contributed by atoms with Gasteiger partial charge in [-0.25, -0.2) is 16.8 Å². The third kappa shape index (κ3) is 13.6. The highest BCUT2D eigenvalue weighted by Crippen LogP contribution is 2.46. The lowest BCUT2D eigenvalue weighted by Gasteiger charge is -2.47. The van der Waals surface area contributed by atoms with E-state index >= 15 is 0 Å². The monoisotopic (exact) mass is 1080 g/mol. The van der Waals surface area contributed by atoms with Gasteiger partial charge in [-0.1, -0.05) is 94.9 Å². The molecule has 14 nitrogen and oxygen atoms in total. The molecule has 2 heterocycles. The van der Waals surface area contributed by atoms with E-state index < -0.39 is 101 Å². The predicted molar refractivity (Wildman–Crippen MR) is 274 cm³/mol. The summed E-state index contributed by atoms with van der Waals surface area (Å²) in [4.78, 5) is 53.9. The van der Waals surface area contributed by atoms with Crippen molar-refractivity contribution in [2.24, 2.45) is 11.5 Å². The second kappa shape index (κ2) is 22.7. The number of sulfone groups is 2. The first kappa shape index (κ1) is 56.7. The fourth-order valence-corrected chi connectivity index (χ4v) is 11.6. The van der Waals surface area contributed by atoms with Crippen LogP contribution in [0.25, 0.3) is 0 Å². The zero-order chi connectivity index (χ0) is 52.3. The lowest BCUT2D eigenvalue weighted by molar-refractivity contribution is -0.179. The lowest BCUT2D eigenvalue weighted by atomic mass is 9.90. The number of hydrogen-bond donors (Lipinski definition) is 2. The Morgan fingerprint density at radius 3 is 1.13 bits per heavy atom. The van der Waals surface area contributed by atoms with Gasteiger partial charge in [0, 0.05) is 32.2 Å². The molecule has 2 saturated heterocycles. The Kier molecular flexibility index (Phi) is 18.3. The van der Waals surface area contributed by atoms with Crippen molar-refractivity contribution in [1.29, 1.82) is 0 Å². The minimum atomic E-state index is -3.58. The molecular weight excluding hydrogens is 1020 g/mol. The van der Waals surface area contributed by atoms with Gasteiger partial charge in [-0.2, -0.15) is 0 Å². The normalized spacial score (nSPS) is 22.2. The SMILES string of the molecule is C[C@@H](CS(=O)(=O)C(C)(C)C)N1C(=O)[C@@H](CC(N)=O)O[C@H](c2cccc(Cl)c2)[C@H]1c1ccc(Cl)cc1.C[C@@H](CS(=O)(=O)C(C)(C)C)N1C(=O)[C@H](CC(N)=O)O[C@H](c2cccc(Cl)c2)[C@H]1c1ccc(Cl)cc1. The van der Waals surface area contributed by atoms with Crippen LogP contribution in [0.1, 0.15) is 115 Å². The molecule has 2 aliphatic rings. The highest BCUT2D eigenvalue weighted by atomic mass is 35.5. The molecule has 0 saturated carbocycles. The second-order valence-corrected chi connectivity index (χ2v) is 26.8. The van der Waals surface area contributed by atoms with Crippen LogP contribution in [-0.2, 0) is 48.3 Å². The molecule has 8 atom stereocenters. The van der Waals surface area contributed by atoms with Gasteiger partial charge in [0.1, 0.15) is 24.4 Å². The molecule has 6 rings (SSSR count). The van der Waals surface area contributed by atoms with E-state index in [0.29, 0.717) is 42.3 Å². The molecular formula is C50H60Cl4N4O10S2. The molecule has 0 bridgehead atoms. The summed E-state index contributed by atoms with van der Waals surface area (Å²) in [5.41, 5.74) is 13.6. The van der Waals surface area contributed by atoms with Gasteiger partial charge < -0.3 is 30.7 Å². The summed E-state index contributed by atoms with van der Waals surface area (Å²) in [5, 5.41) is 1.97.